The number of nitrogens with one attached hydrogen (secondary N) is 1. The number of aromatic carboxylic acids is 1. The van der Waals surface area contributed by atoms with Crippen molar-refractivity contribution in [1.82, 2.24) is 4.98 Å². The number of rotatable bonds is 4. The third-order valence-electron chi connectivity index (χ3n) is 2.75. The quantitative estimate of drug-likeness (QED) is 0.748. The Hall–Kier alpha value is -2.08. The van der Waals surface area contributed by atoms with Gasteiger partial charge in [-0.2, -0.15) is 0 Å². The van der Waals surface area contributed by atoms with Gasteiger partial charge >= 0.3 is 5.97 Å². The van der Waals surface area contributed by atoms with Gasteiger partial charge in [-0.3, -0.25) is 0 Å². The first-order valence-electron chi connectivity index (χ1n) is 5.76. The van der Waals surface area contributed by atoms with E-state index in [1.807, 2.05) is 19.2 Å². The molecule has 1 heterocycles. The molecular weight excluding hydrogens is 262 g/mol. The molecule has 5 nitrogen and oxygen atoms in total. The van der Waals surface area contributed by atoms with Crippen molar-refractivity contribution in [1.29, 1.82) is 0 Å². The van der Waals surface area contributed by atoms with E-state index in [9.17, 15) is 4.79 Å². The number of carboxylic acids is 1. The van der Waals surface area contributed by atoms with Crippen LogP contribution in [0, 0.1) is 13.8 Å². The molecule has 2 rings (SSSR count). The van der Waals surface area contributed by atoms with Crippen LogP contribution in [0.4, 0.5) is 11.4 Å². The number of hydrogen-bond acceptors (Lipinski definition) is 5. The smallest absolute Gasteiger partial charge is 0.337 e. The summed E-state index contributed by atoms with van der Waals surface area (Å²) >= 11 is 1.61. The topological polar surface area (TPSA) is 88.2 Å². The molecule has 0 fully saturated rings. The van der Waals surface area contributed by atoms with E-state index in [0.29, 0.717) is 12.2 Å². The minimum absolute atomic E-state index is 0.128. The van der Waals surface area contributed by atoms with E-state index in [-0.39, 0.29) is 5.56 Å². The normalized spacial score (nSPS) is 10.4. The van der Waals surface area contributed by atoms with Crippen LogP contribution >= 0.6 is 11.3 Å². The van der Waals surface area contributed by atoms with Crippen LogP contribution in [0.25, 0.3) is 0 Å². The summed E-state index contributed by atoms with van der Waals surface area (Å²) in [6.07, 6.45) is 1.81. The van der Waals surface area contributed by atoms with Crippen molar-refractivity contribution in [3.63, 3.8) is 0 Å². The summed E-state index contributed by atoms with van der Waals surface area (Å²) in [4.78, 5) is 16.4. The first-order valence-corrected chi connectivity index (χ1v) is 6.57. The first kappa shape index (κ1) is 13.4. The molecule has 0 atom stereocenters. The lowest BCUT2D eigenvalue weighted by atomic mass is 10.1. The molecule has 100 valence electrons. The predicted molar refractivity (Wildman–Crippen MR) is 76.7 cm³/mol. The van der Waals surface area contributed by atoms with E-state index in [0.717, 1.165) is 21.1 Å². The van der Waals surface area contributed by atoms with E-state index < -0.39 is 5.97 Å². The molecule has 4 N–H and O–H groups in total. The Labute approximate surface area is 115 Å². The number of carbonyl (C=O) groups is 1. The summed E-state index contributed by atoms with van der Waals surface area (Å²) in [6.45, 7) is 4.36. The van der Waals surface area contributed by atoms with Gasteiger partial charge in [0.25, 0.3) is 0 Å². The molecule has 1 aromatic carbocycles. The average Bonchev–Trinajstić information content (AvgIpc) is 2.76. The van der Waals surface area contributed by atoms with Crippen molar-refractivity contribution in [3.8, 4) is 0 Å². The van der Waals surface area contributed by atoms with Crippen LogP contribution < -0.4 is 11.1 Å². The number of thiazole rings is 1. The van der Waals surface area contributed by atoms with Crippen LogP contribution in [0.15, 0.2) is 18.3 Å². The summed E-state index contributed by atoms with van der Waals surface area (Å²) in [5.41, 5.74) is 7.68. The van der Waals surface area contributed by atoms with E-state index in [2.05, 4.69) is 10.3 Å². The molecule has 0 radical (unpaired) electrons. The fourth-order valence-electron chi connectivity index (χ4n) is 1.75. The molecule has 0 saturated heterocycles. The van der Waals surface area contributed by atoms with Gasteiger partial charge in [0.2, 0.25) is 0 Å². The molecule has 6 heteroatoms. The molecule has 19 heavy (non-hydrogen) atoms. The average molecular weight is 277 g/mol. The summed E-state index contributed by atoms with van der Waals surface area (Å²) in [7, 11) is 0. The second-order valence-electron chi connectivity index (χ2n) is 4.26. The van der Waals surface area contributed by atoms with Gasteiger partial charge in [0.15, 0.2) is 0 Å². The van der Waals surface area contributed by atoms with Crippen LogP contribution in [-0.4, -0.2) is 16.1 Å². The van der Waals surface area contributed by atoms with Crippen LogP contribution in [0.1, 0.15) is 25.8 Å². The highest BCUT2D eigenvalue weighted by Crippen LogP contribution is 2.23. The van der Waals surface area contributed by atoms with Crippen molar-refractivity contribution in [2.24, 2.45) is 0 Å². The van der Waals surface area contributed by atoms with Crippen molar-refractivity contribution in [2.75, 3.05) is 11.1 Å². The Morgan fingerprint density at radius 1 is 1.47 bits per heavy atom. The minimum atomic E-state index is -1.02. The highest BCUT2D eigenvalue weighted by molar-refractivity contribution is 7.11. The summed E-state index contributed by atoms with van der Waals surface area (Å²) in [6, 6.07) is 3.40. The first-order chi connectivity index (χ1) is 8.97. The lowest BCUT2D eigenvalue weighted by Gasteiger charge is -2.10. The maximum absolute atomic E-state index is 11.1. The van der Waals surface area contributed by atoms with Gasteiger partial charge in [-0.25, -0.2) is 9.78 Å². The third-order valence-corrected chi connectivity index (χ3v) is 3.67. The number of anilines is 2. The lowest BCUT2D eigenvalue weighted by molar-refractivity contribution is 0.0698. The lowest BCUT2D eigenvalue weighted by Crippen LogP contribution is -2.06. The number of benzene rings is 1. The van der Waals surface area contributed by atoms with Crippen molar-refractivity contribution >= 4 is 28.7 Å². The number of aromatic nitrogens is 1. The van der Waals surface area contributed by atoms with Crippen LogP contribution in [0.5, 0.6) is 0 Å². The zero-order valence-electron chi connectivity index (χ0n) is 10.7. The van der Waals surface area contributed by atoms with Gasteiger partial charge in [0.05, 0.1) is 17.1 Å². The maximum atomic E-state index is 11.1. The third kappa shape index (κ3) is 3.03. The molecular formula is C13H15N3O2S. The Morgan fingerprint density at radius 2 is 2.21 bits per heavy atom. The number of aryl methyl sites for hydroxylation is 2. The molecule has 0 aliphatic rings. The van der Waals surface area contributed by atoms with E-state index >= 15 is 0 Å². The van der Waals surface area contributed by atoms with Crippen molar-refractivity contribution in [3.05, 3.63) is 39.3 Å². The van der Waals surface area contributed by atoms with Gasteiger partial charge in [0.1, 0.15) is 0 Å². The Kier molecular flexibility index (Phi) is 3.71. The Balaban J connectivity index is 2.19. The molecule has 0 spiro atoms. The maximum Gasteiger partial charge on any atom is 0.337 e. The van der Waals surface area contributed by atoms with Crippen LogP contribution in [0.3, 0.4) is 0 Å². The second-order valence-corrected chi connectivity index (χ2v) is 5.58. The number of nitrogen functional groups attached to an aromatic ring is 1. The number of hydrogen-bond donors (Lipinski definition) is 3. The van der Waals surface area contributed by atoms with Crippen molar-refractivity contribution < 1.29 is 9.90 Å². The van der Waals surface area contributed by atoms with E-state index in [4.69, 9.17) is 10.8 Å². The molecule has 1 aromatic heterocycles. The van der Waals surface area contributed by atoms with Gasteiger partial charge in [-0.15, -0.1) is 11.3 Å². The van der Waals surface area contributed by atoms with Crippen LogP contribution in [-0.2, 0) is 6.54 Å². The largest absolute Gasteiger partial charge is 0.478 e. The highest BCUT2D eigenvalue weighted by Gasteiger charge is 2.11. The molecule has 2 aromatic rings. The van der Waals surface area contributed by atoms with Gasteiger partial charge in [-0.05, 0) is 31.5 Å². The zero-order chi connectivity index (χ0) is 14.0. The fraction of sp³-hybridized carbons (Fsp3) is 0.231. The molecule has 0 unspecified atom stereocenters. The second kappa shape index (κ2) is 5.27. The van der Waals surface area contributed by atoms with E-state index in [1.54, 1.807) is 24.3 Å². The Morgan fingerprint density at radius 3 is 2.79 bits per heavy atom. The van der Waals surface area contributed by atoms with Crippen LogP contribution in [0.2, 0.25) is 0 Å². The molecule has 0 amide bonds. The molecule has 0 saturated carbocycles. The summed E-state index contributed by atoms with van der Waals surface area (Å²) < 4.78 is 0. The van der Waals surface area contributed by atoms with Crippen molar-refractivity contribution in [2.45, 2.75) is 20.4 Å². The monoisotopic (exact) mass is 277 g/mol. The molecule has 0 aliphatic heterocycles. The summed E-state index contributed by atoms with van der Waals surface area (Å²) in [5.74, 6) is -1.02. The summed E-state index contributed by atoms with van der Waals surface area (Å²) in [5, 5.41) is 13.3. The standard InChI is InChI=1S/C13H15N3O2S/c1-7-3-9(4-11(12(7)14)13(17)18)16-6-10-5-15-8(2)19-10/h3-5,16H,6,14H2,1-2H3,(H,17,18). The molecule has 0 bridgehead atoms. The SMILES string of the molecule is Cc1ncc(CNc2cc(C)c(N)c(C(=O)O)c2)s1. The van der Waals surface area contributed by atoms with Gasteiger partial charge < -0.3 is 16.2 Å². The van der Waals surface area contributed by atoms with Gasteiger partial charge in [-0.1, -0.05) is 0 Å². The van der Waals surface area contributed by atoms with E-state index in [1.165, 1.54) is 0 Å². The zero-order valence-corrected chi connectivity index (χ0v) is 11.5. The number of nitrogens with two attached hydrogens (primary N) is 1. The predicted octanol–water partition coefficient (Wildman–Crippen LogP) is 2.65. The number of nitrogens with zero attached hydrogens (tertiary/aromatic N) is 1. The van der Waals surface area contributed by atoms with Gasteiger partial charge in [0, 0.05) is 22.4 Å². The Bertz CT molecular complexity index is 622. The highest BCUT2D eigenvalue weighted by atomic mass is 32.1. The number of carboxylic acid groups (broad SMARTS) is 1. The minimum Gasteiger partial charge on any atom is -0.478 e. The fourth-order valence-corrected chi connectivity index (χ4v) is 2.49. The molecule has 0 aliphatic carbocycles.